The van der Waals surface area contributed by atoms with E-state index in [1.165, 1.54) is 57.8 Å². The molecule has 2 saturated heterocycles. The summed E-state index contributed by atoms with van der Waals surface area (Å²) < 4.78 is 0.519. The zero-order chi connectivity index (χ0) is 15.8. The van der Waals surface area contributed by atoms with E-state index in [0.29, 0.717) is 15.7 Å². The molecule has 0 saturated carbocycles. The maximum Gasteiger partial charge on any atom is 0.303 e. The third kappa shape index (κ3) is 5.97. The van der Waals surface area contributed by atoms with Crippen molar-refractivity contribution in [1.82, 2.24) is 0 Å². The van der Waals surface area contributed by atoms with Crippen LogP contribution >= 0.6 is 23.5 Å². The maximum atomic E-state index is 10.4. The van der Waals surface area contributed by atoms with Gasteiger partial charge in [0.1, 0.15) is 0 Å². The fraction of sp³-hybridized carbons (Fsp3) is 0.941. The molecule has 0 aliphatic carbocycles. The summed E-state index contributed by atoms with van der Waals surface area (Å²) >= 11 is 4.43. The van der Waals surface area contributed by atoms with Crippen LogP contribution in [0.5, 0.6) is 0 Å². The van der Waals surface area contributed by atoms with E-state index in [4.69, 9.17) is 10.8 Å². The number of thioether (sulfide) groups is 2. The number of nitrogens with two attached hydrogens (primary N) is 1. The number of carboxylic acid groups (broad SMARTS) is 1. The molecular weight excluding hydrogens is 314 g/mol. The van der Waals surface area contributed by atoms with Crippen molar-refractivity contribution in [3.63, 3.8) is 0 Å². The predicted molar refractivity (Wildman–Crippen MR) is 97.6 cm³/mol. The SMILES string of the molecule is NCC1CCC2(CCC(CCCCCCCCC(=O)O)S2)S1. The van der Waals surface area contributed by atoms with Crippen molar-refractivity contribution in [3.05, 3.63) is 0 Å². The average molecular weight is 346 g/mol. The van der Waals surface area contributed by atoms with E-state index in [1.54, 1.807) is 0 Å². The van der Waals surface area contributed by atoms with Gasteiger partial charge in [-0.15, -0.1) is 23.5 Å². The summed E-state index contributed by atoms with van der Waals surface area (Å²) in [5.41, 5.74) is 5.82. The maximum absolute atomic E-state index is 10.4. The Labute approximate surface area is 143 Å². The van der Waals surface area contributed by atoms with Crippen LogP contribution in [0.15, 0.2) is 0 Å². The topological polar surface area (TPSA) is 63.3 Å². The fourth-order valence-electron chi connectivity index (χ4n) is 3.60. The van der Waals surface area contributed by atoms with E-state index in [0.717, 1.165) is 24.6 Å². The van der Waals surface area contributed by atoms with Crippen LogP contribution in [0, 0.1) is 0 Å². The van der Waals surface area contributed by atoms with Gasteiger partial charge < -0.3 is 10.8 Å². The van der Waals surface area contributed by atoms with Crippen LogP contribution in [0.1, 0.15) is 77.0 Å². The molecule has 22 heavy (non-hydrogen) atoms. The summed E-state index contributed by atoms with van der Waals surface area (Å²) in [7, 11) is 0. The van der Waals surface area contributed by atoms with Crippen LogP contribution in [0.3, 0.4) is 0 Å². The van der Waals surface area contributed by atoms with Gasteiger partial charge in [-0.1, -0.05) is 32.1 Å². The first-order chi connectivity index (χ1) is 10.6. The molecule has 0 radical (unpaired) electrons. The smallest absolute Gasteiger partial charge is 0.303 e. The van der Waals surface area contributed by atoms with Gasteiger partial charge in [0.15, 0.2) is 0 Å². The zero-order valence-corrected chi connectivity index (χ0v) is 15.2. The minimum Gasteiger partial charge on any atom is -0.481 e. The summed E-state index contributed by atoms with van der Waals surface area (Å²) in [6.45, 7) is 0.847. The van der Waals surface area contributed by atoms with E-state index >= 15 is 0 Å². The lowest BCUT2D eigenvalue weighted by atomic mass is 10.0. The molecule has 3 atom stereocenters. The molecule has 3 N–H and O–H groups in total. The van der Waals surface area contributed by atoms with Gasteiger partial charge in [0.25, 0.3) is 0 Å². The van der Waals surface area contributed by atoms with Crippen LogP contribution in [-0.4, -0.2) is 32.2 Å². The zero-order valence-electron chi connectivity index (χ0n) is 13.6. The van der Waals surface area contributed by atoms with Crippen molar-refractivity contribution in [2.24, 2.45) is 5.73 Å². The third-order valence-electron chi connectivity index (χ3n) is 4.89. The number of hydrogen-bond donors (Lipinski definition) is 2. The summed E-state index contributed by atoms with van der Waals surface area (Å²) in [5, 5.41) is 10.2. The molecule has 3 unspecified atom stereocenters. The van der Waals surface area contributed by atoms with E-state index < -0.39 is 5.97 Å². The Kier molecular flexibility index (Phi) is 7.92. The minimum atomic E-state index is -0.658. The molecule has 2 fully saturated rings. The second-order valence-electron chi connectivity index (χ2n) is 6.76. The van der Waals surface area contributed by atoms with Gasteiger partial charge in [0.05, 0.1) is 4.08 Å². The number of carboxylic acids is 1. The molecule has 0 bridgehead atoms. The van der Waals surface area contributed by atoms with E-state index in [-0.39, 0.29) is 0 Å². The largest absolute Gasteiger partial charge is 0.481 e. The highest BCUT2D eigenvalue weighted by molar-refractivity contribution is 8.19. The predicted octanol–water partition coefficient (Wildman–Crippen LogP) is 4.64. The molecule has 5 heteroatoms. The second-order valence-corrected chi connectivity index (χ2v) is 10.4. The minimum absolute atomic E-state index is 0.336. The third-order valence-corrected chi connectivity index (χ3v) is 8.71. The van der Waals surface area contributed by atoms with Crippen LogP contribution in [0.4, 0.5) is 0 Å². The summed E-state index contributed by atoms with van der Waals surface area (Å²) in [6, 6.07) is 0. The van der Waals surface area contributed by atoms with Crippen LogP contribution in [-0.2, 0) is 4.79 Å². The number of unbranched alkanes of at least 4 members (excludes halogenated alkanes) is 5. The van der Waals surface area contributed by atoms with Gasteiger partial charge >= 0.3 is 5.97 Å². The fourth-order valence-corrected chi connectivity index (χ4v) is 7.65. The lowest BCUT2D eigenvalue weighted by molar-refractivity contribution is -0.137. The van der Waals surface area contributed by atoms with E-state index in [1.807, 2.05) is 0 Å². The monoisotopic (exact) mass is 345 g/mol. The molecule has 2 heterocycles. The van der Waals surface area contributed by atoms with Gasteiger partial charge in [0, 0.05) is 23.5 Å². The van der Waals surface area contributed by atoms with E-state index in [2.05, 4.69) is 23.5 Å². The van der Waals surface area contributed by atoms with Crippen molar-refractivity contribution in [3.8, 4) is 0 Å². The molecule has 0 amide bonds. The highest BCUT2D eigenvalue weighted by Crippen LogP contribution is 2.59. The average Bonchev–Trinajstić information content (AvgIpc) is 3.09. The Morgan fingerprint density at radius 2 is 1.59 bits per heavy atom. The number of carbonyl (C=O) groups is 1. The number of rotatable bonds is 10. The molecule has 0 aromatic carbocycles. The van der Waals surface area contributed by atoms with Gasteiger partial charge in [-0.3, -0.25) is 4.79 Å². The normalized spacial score (nSPS) is 31.1. The molecule has 1 spiro atoms. The first kappa shape index (κ1) is 18.5. The van der Waals surface area contributed by atoms with Crippen molar-refractivity contribution in [1.29, 1.82) is 0 Å². The highest BCUT2D eigenvalue weighted by atomic mass is 32.2. The van der Waals surface area contributed by atoms with Crippen molar-refractivity contribution in [2.75, 3.05) is 6.54 Å². The van der Waals surface area contributed by atoms with Crippen molar-refractivity contribution >= 4 is 29.5 Å². The molecule has 2 aliphatic rings. The number of aliphatic carboxylic acids is 1. The van der Waals surface area contributed by atoms with Crippen LogP contribution in [0.2, 0.25) is 0 Å². The first-order valence-electron chi connectivity index (χ1n) is 8.91. The second kappa shape index (κ2) is 9.43. The van der Waals surface area contributed by atoms with E-state index in [9.17, 15) is 4.79 Å². The van der Waals surface area contributed by atoms with Gasteiger partial charge in [0.2, 0.25) is 0 Å². The quantitative estimate of drug-likeness (QED) is 0.565. The Balaban J connectivity index is 1.48. The van der Waals surface area contributed by atoms with Gasteiger partial charge in [-0.05, 0) is 38.5 Å². The van der Waals surface area contributed by atoms with Gasteiger partial charge in [-0.2, -0.15) is 0 Å². The highest BCUT2D eigenvalue weighted by Gasteiger charge is 2.45. The van der Waals surface area contributed by atoms with Crippen molar-refractivity contribution < 1.29 is 9.90 Å². The van der Waals surface area contributed by atoms with Gasteiger partial charge in [-0.25, -0.2) is 0 Å². The Morgan fingerprint density at radius 3 is 2.23 bits per heavy atom. The standard InChI is InChI=1S/C17H31NO2S2/c18-13-15-10-12-17(22-15)11-9-14(21-17)7-5-3-1-2-4-6-8-16(19)20/h14-15H,1-13,18H2,(H,19,20). The summed E-state index contributed by atoms with van der Waals surface area (Å²) in [6.07, 6.45) is 14.2. The molecule has 0 aromatic rings. The van der Waals surface area contributed by atoms with Crippen LogP contribution in [0.25, 0.3) is 0 Å². The molecule has 0 aromatic heterocycles. The van der Waals surface area contributed by atoms with Crippen molar-refractivity contribution in [2.45, 2.75) is 91.6 Å². The summed E-state index contributed by atoms with van der Waals surface area (Å²) in [5.74, 6) is -0.658. The lowest BCUT2D eigenvalue weighted by Crippen LogP contribution is -2.15. The molecular formula is C17H31NO2S2. The Hall–Kier alpha value is 0.130. The lowest BCUT2D eigenvalue weighted by Gasteiger charge is -2.22. The molecule has 2 rings (SSSR count). The molecule has 3 nitrogen and oxygen atoms in total. The molecule has 128 valence electrons. The van der Waals surface area contributed by atoms with Crippen LogP contribution < -0.4 is 5.73 Å². The first-order valence-corrected chi connectivity index (χ1v) is 10.7. The summed E-state index contributed by atoms with van der Waals surface area (Å²) in [4.78, 5) is 10.4. The Bertz CT molecular complexity index is 354. The number of hydrogen-bond acceptors (Lipinski definition) is 4. The molecule has 2 aliphatic heterocycles. The Morgan fingerprint density at radius 1 is 1.00 bits per heavy atom.